The standard InChI is InChI=1S/C13H18N2O4/c1-4-8(2)12(13(18)19)15(7-16)11-5-10(6-14-11)9(3)17/h5-8,12,14H,4H2,1-3H3,(H,18,19). The Morgan fingerprint density at radius 3 is 2.53 bits per heavy atom. The molecule has 1 aromatic heterocycles. The van der Waals surface area contributed by atoms with Gasteiger partial charge in [0, 0.05) is 11.8 Å². The molecule has 0 aromatic carbocycles. The Hall–Kier alpha value is -2.11. The Morgan fingerprint density at radius 1 is 1.53 bits per heavy atom. The Kier molecular flexibility index (Phi) is 4.86. The zero-order valence-electron chi connectivity index (χ0n) is 11.2. The minimum atomic E-state index is -1.07. The van der Waals surface area contributed by atoms with Crippen molar-refractivity contribution < 1.29 is 19.5 Å². The van der Waals surface area contributed by atoms with Crippen molar-refractivity contribution in [2.75, 3.05) is 4.90 Å². The number of carboxylic acids is 1. The second kappa shape index (κ2) is 6.17. The summed E-state index contributed by atoms with van der Waals surface area (Å²) < 4.78 is 0. The van der Waals surface area contributed by atoms with E-state index in [0.717, 1.165) is 4.90 Å². The van der Waals surface area contributed by atoms with Crippen LogP contribution in [0.25, 0.3) is 0 Å². The summed E-state index contributed by atoms with van der Waals surface area (Å²) in [5.74, 6) is -1.11. The first-order valence-electron chi connectivity index (χ1n) is 6.08. The lowest BCUT2D eigenvalue weighted by Crippen LogP contribution is -2.45. The number of hydrogen-bond donors (Lipinski definition) is 2. The lowest BCUT2D eigenvalue weighted by molar-refractivity contribution is -0.140. The molecule has 1 aromatic rings. The van der Waals surface area contributed by atoms with Crippen LogP contribution in [0.5, 0.6) is 0 Å². The summed E-state index contributed by atoms with van der Waals surface area (Å²) in [6.07, 6.45) is 2.56. The average Bonchev–Trinajstić information content (AvgIpc) is 2.83. The van der Waals surface area contributed by atoms with Gasteiger partial charge in [-0.1, -0.05) is 20.3 Å². The molecule has 1 heterocycles. The summed E-state index contributed by atoms with van der Waals surface area (Å²) in [6, 6.07) is 0.524. The van der Waals surface area contributed by atoms with Crippen molar-refractivity contribution in [3.8, 4) is 0 Å². The predicted molar refractivity (Wildman–Crippen MR) is 70.2 cm³/mol. The molecule has 6 nitrogen and oxygen atoms in total. The fourth-order valence-corrected chi connectivity index (χ4v) is 1.87. The van der Waals surface area contributed by atoms with Gasteiger partial charge >= 0.3 is 5.97 Å². The highest BCUT2D eigenvalue weighted by Crippen LogP contribution is 2.21. The first kappa shape index (κ1) is 14.9. The smallest absolute Gasteiger partial charge is 0.327 e. The number of hydrogen-bond acceptors (Lipinski definition) is 3. The number of aromatic amines is 1. The highest BCUT2D eigenvalue weighted by atomic mass is 16.4. The van der Waals surface area contributed by atoms with Gasteiger partial charge in [0.15, 0.2) is 5.78 Å². The number of anilines is 1. The molecule has 2 N–H and O–H groups in total. The van der Waals surface area contributed by atoms with E-state index in [-0.39, 0.29) is 11.7 Å². The third-order valence-corrected chi connectivity index (χ3v) is 3.20. The lowest BCUT2D eigenvalue weighted by Gasteiger charge is -2.28. The van der Waals surface area contributed by atoms with E-state index < -0.39 is 12.0 Å². The van der Waals surface area contributed by atoms with E-state index in [1.165, 1.54) is 19.2 Å². The third-order valence-electron chi connectivity index (χ3n) is 3.20. The molecule has 0 aliphatic carbocycles. The van der Waals surface area contributed by atoms with Crippen molar-refractivity contribution >= 4 is 24.0 Å². The molecule has 0 spiro atoms. The van der Waals surface area contributed by atoms with Crippen LogP contribution in [-0.4, -0.2) is 34.3 Å². The molecule has 6 heteroatoms. The lowest BCUT2D eigenvalue weighted by atomic mass is 9.98. The molecule has 0 radical (unpaired) electrons. The molecule has 2 unspecified atom stereocenters. The number of Topliss-reactive ketones (excluding diaryl/α,β-unsaturated/α-hetero) is 1. The van der Waals surface area contributed by atoms with Crippen LogP contribution in [0.4, 0.5) is 5.82 Å². The Balaban J connectivity index is 3.12. The highest BCUT2D eigenvalue weighted by molar-refractivity contribution is 5.96. The first-order valence-corrected chi connectivity index (χ1v) is 6.08. The zero-order chi connectivity index (χ0) is 14.6. The van der Waals surface area contributed by atoms with E-state index in [2.05, 4.69) is 4.98 Å². The summed E-state index contributed by atoms with van der Waals surface area (Å²) in [5.41, 5.74) is 0.412. The van der Waals surface area contributed by atoms with Gasteiger partial charge < -0.3 is 10.1 Å². The fraction of sp³-hybridized carbons (Fsp3) is 0.462. The molecular weight excluding hydrogens is 248 g/mol. The largest absolute Gasteiger partial charge is 0.480 e. The summed E-state index contributed by atoms with van der Waals surface area (Å²) in [5, 5.41) is 9.27. The molecule has 2 atom stereocenters. The van der Waals surface area contributed by atoms with Gasteiger partial charge in [0.1, 0.15) is 11.9 Å². The Labute approximate surface area is 111 Å². The molecule has 0 aliphatic rings. The van der Waals surface area contributed by atoms with Gasteiger partial charge in [-0.25, -0.2) is 4.79 Å². The number of nitrogens with zero attached hydrogens (tertiary/aromatic N) is 1. The first-order chi connectivity index (χ1) is 8.92. The van der Waals surface area contributed by atoms with Crippen LogP contribution in [0.15, 0.2) is 12.3 Å². The maximum Gasteiger partial charge on any atom is 0.327 e. The molecule has 0 bridgehead atoms. The van der Waals surface area contributed by atoms with Crippen LogP contribution >= 0.6 is 0 Å². The Morgan fingerprint density at radius 2 is 2.16 bits per heavy atom. The predicted octanol–water partition coefficient (Wildman–Crippen LogP) is 1.68. The van der Waals surface area contributed by atoms with E-state index in [9.17, 15) is 19.5 Å². The number of aliphatic carboxylic acids is 1. The van der Waals surface area contributed by atoms with Gasteiger partial charge in [0.2, 0.25) is 6.41 Å². The number of amides is 1. The van der Waals surface area contributed by atoms with Crippen molar-refractivity contribution in [1.82, 2.24) is 4.98 Å². The van der Waals surface area contributed by atoms with Crippen molar-refractivity contribution in [3.63, 3.8) is 0 Å². The van der Waals surface area contributed by atoms with E-state index in [0.29, 0.717) is 24.2 Å². The van der Waals surface area contributed by atoms with Gasteiger partial charge in [-0.3, -0.25) is 14.5 Å². The minimum absolute atomic E-state index is 0.149. The summed E-state index contributed by atoms with van der Waals surface area (Å²) in [4.78, 5) is 37.6. The molecule has 0 aliphatic heterocycles. The second-order valence-corrected chi connectivity index (χ2v) is 4.51. The number of H-pyrrole nitrogens is 1. The van der Waals surface area contributed by atoms with E-state index in [4.69, 9.17) is 0 Å². The van der Waals surface area contributed by atoms with E-state index >= 15 is 0 Å². The van der Waals surface area contributed by atoms with Gasteiger partial charge in [-0.15, -0.1) is 0 Å². The number of aromatic nitrogens is 1. The van der Waals surface area contributed by atoms with Gasteiger partial charge in [0.25, 0.3) is 0 Å². The van der Waals surface area contributed by atoms with Gasteiger partial charge in [-0.2, -0.15) is 0 Å². The second-order valence-electron chi connectivity index (χ2n) is 4.51. The van der Waals surface area contributed by atoms with E-state index in [1.807, 2.05) is 6.92 Å². The number of carboxylic acid groups (broad SMARTS) is 1. The maximum absolute atomic E-state index is 11.3. The minimum Gasteiger partial charge on any atom is -0.480 e. The van der Waals surface area contributed by atoms with Gasteiger partial charge in [-0.05, 0) is 18.9 Å². The normalized spacial score (nSPS) is 13.6. The quantitative estimate of drug-likeness (QED) is 0.580. The Bertz CT molecular complexity index is 481. The molecule has 1 amide bonds. The van der Waals surface area contributed by atoms with Crippen LogP contribution in [0.3, 0.4) is 0 Å². The fourth-order valence-electron chi connectivity index (χ4n) is 1.87. The van der Waals surface area contributed by atoms with Crippen molar-refractivity contribution in [2.24, 2.45) is 5.92 Å². The van der Waals surface area contributed by atoms with E-state index in [1.54, 1.807) is 6.92 Å². The van der Waals surface area contributed by atoms with Crippen LogP contribution in [-0.2, 0) is 9.59 Å². The molecule has 19 heavy (non-hydrogen) atoms. The summed E-state index contributed by atoms with van der Waals surface area (Å²) >= 11 is 0. The maximum atomic E-state index is 11.3. The molecule has 0 saturated heterocycles. The van der Waals surface area contributed by atoms with Crippen LogP contribution in [0.2, 0.25) is 0 Å². The molecule has 1 rings (SSSR count). The highest BCUT2D eigenvalue weighted by Gasteiger charge is 2.31. The monoisotopic (exact) mass is 266 g/mol. The zero-order valence-corrected chi connectivity index (χ0v) is 11.2. The number of carbonyl (C=O) groups is 3. The molecule has 0 saturated carbocycles. The SMILES string of the molecule is CCC(C)C(C(=O)O)N(C=O)c1cc(C(C)=O)c[nH]1. The third kappa shape index (κ3) is 3.21. The molecule has 104 valence electrons. The van der Waals surface area contributed by atoms with Crippen LogP contribution < -0.4 is 4.90 Å². The number of carbonyl (C=O) groups excluding carboxylic acids is 2. The van der Waals surface area contributed by atoms with Crippen molar-refractivity contribution in [1.29, 1.82) is 0 Å². The average molecular weight is 266 g/mol. The van der Waals surface area contributed by atoms with Gasteiger partial charge in [0.05, 0.1) is 0 Å². The molecule has 0 fully saturated rings. The molecular formula is C13H18N2O4. The van der Waals surface area contributed by atoms with Crippen LogP contribution in [0, 0.1) is 5.92 Å². The van der Waals surface area contributed by atoms with Crippen molar-refractivity contribution in [2.45, 2.75) is 33.2 Å². The number of nitrogens with one attached hydrogen (secondary N) is 1. The number of ketones is 1. The van der Waals surface area contributed by atoms with Crippen molar-refractivity contribution in [3.05, 3.63) is 17.8 Å². The summed E-state index contributed by atoms with van der Waals surface area (Å²) in [6.45, 7) is 5.03. The number of rotatable bonds is 7. The van der Waals surface area contributed by atoms with Crippen LogP contribution in [0.1, 0.15) is 37.6 Å². The summed E-state index contributed by atoms with van der Waals surface area (Å²) in [7, 11) is 0. The topological polar surface area (TPSA) is 90.5 Å².